The Balaban J connectivity index is 2.43. The van der Waals surface area contributed by atoms with E-state index in [0.29, 0.717) is 5.92 Å². The molecule has 5 heteroatoms. The van der Waals surface area contributed by atoms with Gasteiger partial charge in [0.2, 0.25) is 0 Å². The summed E-state index contributed by atoms with van der Waals surface area (Å²) < 4.78 is 2.04. The number of hydrogen-bond acceptors (Lipinski definition) is 3. The quantitative estimate of drug-likeness (QED) is 0.857. The predicted octanol–water partition coefficient (Wildman–Crippen LogP) is 3.48. The van der Waals surface area contributed by atoms with Crippen LogP contribution < -0.4 is 0 Å². The summed E-state index contributed by atoms with van der Waals surface area (Å²) >= 11 is 1.24. The van der Waals surface area contributed by atoms with Gasteiger partial charge < -0.3 is 5.11 Å². The molecule has 1 aromatic heterocycles. The fourth-order valence-corrected chi connectivity index (χ4v) is 2.66. The standard InChI is InChI=1S/C15H18N2O2S/c1-10(2)13-8-16-15(20-9-14(18)19)17(13)12-6-4-11(3)5-7-12/h4-8,10H,9H2,1-3H3,(H,18,19). The number of benzene rings is 1. The van der Waals surface area contributed by atoms with E-state index in [1.807, 2.05) is 42.0 Å². The minimum atomic E-state index is -0.834. The lowest BCUT2D eigenvalue weighted by Crippen LogP contribution is -2.05. The Labute approximate surface area is 122 Å². The lowest BCUT2D eigenvalue weighted by molar-refractivity contribution is -0.133. The normalized spacial score (nSPS) is 11.0. The van der Waals surface area contributed by atoms with Crippen molar-refractivity contribution in [1.29, 1.82) is 0 Å². The molecule has 1 N–H and O–H groups in total. The van der Waals surface area contributed by atoms with Gasteiger partial charge in [-0.3, -0.25) is 9.36 Å². The Morgan fingerprint density at radius 3 is 2.55 bits per heavy atom. The van der Waals surface area contributed by atoms with E-state index in [2.05, 4.69) is 18.8 Å². The van der Waals surface area contributed by atoms with Gasteiger partial charge in [0.15, 0.2) is 5.16 Å². The first-order valence-corrected chi connectivity index (χ1v) is 7.47. The Bertz CT molecular complexity index is 603. The van der Waals surface area contributed by atoms with Crippen LogP contribution >= 0.6 is 11.8 Å². The van der Waals surface area contributed by atoms with Crippen molar-refractivity contribution in [1.82, 2.24) is 9.55 Å². The second-order valence-electron chi connectivity index (χ2n) is 4.97. The van der Waals surface area contributed by atoms with Crippen LogP contribution in [0.25, 0.3) is 5.69 Å². The first kappa shape index (κ1) is 14.7. The van der Waals surface area contributed by atoms with E-state index in [-0.39, 0.29) is 5.75 Å². The maximum absolute atomic E-state index is 10.7. The van der Waals surface area contributed by atoms with Crippen molar-refractivity contribution in [2.24, 2.45) is 0 Å². The molecule has 0 fully saturated rings. The maximum atomic E-state index is 10.7. The van der Waals surface area contributed by atoms with E-state index < -0.39 is 5.97 Å². The van der Waals surface area contributed by atoms with Crippen LogP contribution in [0.5, 0.6) is 0 Å². The molecule has 0 bridgehead atoms. The Morgan fingerprint density at radius 2 is 2.00 bits per heavy atom. The Kier molecular flexibility index (Phi) is 4.49. The van der Waals surface area contributed by atoms with Gasteiger partial charge in [-0.1, -0.05) is 43.3 Å². The van der Waals surface area contributed by atoms with Gasteiger partial charge >= 0.3 is 5.97 Å². The monoisotopic (exact) mass is 290 g/mol. The second-order valence-corrected chi connectivity index (χ2v) is 5.92. The number of carboxylic acids is 1. The fourth-order valence-electron chi connectivity index (χ4n) is 1.94. The van der Waals surface area contributed by atoms with Crippen LogP contribution in [0.15, 0.2) is 35.6 Å². The summed E-state index contributed by atoms with van der Waals surface area (Å²) in [6.45, 7) is 6.25. The molecular formula is C15H18N2O2S. The van der Waals surface area contributed by atoms with E-state index in [0.717, 1.165) is 16.5 Å². The first-order valence-electron chi connectivity index (χ1n) is 6.48. The van der Waals surface area contributed by atoms with Gasteiger partial charge in [0.1, 0.15) is 0 Å². The number of imidazole rings is 1. The molecule has 1 aromatic carbocycles. The van der Waals surface area contributed by atoms with Crippen LogP contribution in [0.4, 0.5) is 0 Å². The zero-order valence-electron chi connectivity index (χ0n) is 11.8. The van der Waals surface area contributed by atoms with Crippen molar-refractivity contribution in [2.75, 3.05) is 5.75 Å². The van der Waals surface area contributed by atoms with Gasteiger partial charge in [0.05, 0.1) is 11.9 Å². The summed E-state index contributed by atoms with van der Waals surface area (Å²) in [7, 11) is 0. The second kappa shape index (κ2) is 6.13. The molecule has 0 unspecified atom stereocenters. The summed E-state index contributed by atoms with van der Waals surface area (Å²) in [5.41, 5.74) is 3.30. The van der Waals surface area contributed by atoms with Crippen molar-refractivity contribution < 1.29 is 9.90 Å². The van der Waals surface area contributed by atoms with Crippen molar-refractivity contribution in [2.45, 2.75) is 31.8 Å². The number of thioether (sulfide) groups is 1. The summed E-state index contributed by atoms with van der Waals surface area (Å²) in [5.74, 6) is -0.497. The van der Waals surface area contributed by atoms with Gasteiger partial charge in [-0.2, -0.15) is 0 Å². The highest BCUT2D eigenvalue weighted by molar-refractivity contribution is 7.99. The van der Waals surface area contributed by atoms with Gasteiger partial charge in [0, 0.05) is 11.4 Å². The Morgan fingerprint density at radius 1 is 1.35 bits per heavy atom. The molecule has 1 heterocycles. The lowest BCUT2D eigenvalue weighted by Gasteiger charge is -2.13. The molecule has 0 radical (unpaired) electrons. The van der Waals surface area contributed by atoms with Gasteiger partial charge in [-0.15, -0.1) is 0 Å². The molecule has 2 aromatic rings. The molecule has 0 atom stereocenters. The zero-order chi connectivity index (χ0) is 14.7. The molecule has 106 valence electrons. The maximum Gasteiger partial charge on any atom is 0.313 e. The largest absolute Gasteiger partial charge is 0.481 e. The van der Waals surface area contributed by atoms with Crippen LogP contribution in [-0.4, -0.2) is 26.4 Å². The number of aryl methyl sites for hydroxylation is 1. The third kappa shape index (κ3) is 3.22. The van der Waals surface area contributed by atoms with E-state index in [4.69, 9.17) is 5.11 Å². The molecule has 0 aliphatic rings. The van der Waals surface area contributed by atoms with Crippen LogP contribution in [-0.2, 0) is 4.79 Å². The highest BCUT2D eigenvalue weighted by atomic mass is 32.2. The molecule has 20 heavy (non-hydrogen) atoms. The van der Waals surface area contributed by atoms with Crippen molar-refractivity contribution in [3.8, 4) is 5.69 Å². The average molecular weight is 290 g/mol. The summed E-state index contributed by atoms with van der Waals surface area (Å²) in [4.78, 5) is 15.1. The third-order valence-electron chi connectivity index (χ3n) is 2.97. The highest BCUT2D eigenvalue weighted by Crippen LogP contribution is 2.27. The highest BCUT2D eigenvalue weighted by Gasteiger charge is 2.15. The topological polar surface area (TPSA) is 55.1 Å². The predicted molar refractivity (Wildman–Crippen MR) is 80.7 cm³/mol. The third-order valence-corrected chi connectivity index (χ3v) is 3.90. The molecule has 0 amide bonds. The van der Waals surface area contributed by atoms with Crippen molar-refractivity contribution in [3.63, 3.8) is 0 Å². The molecule has 4 nitrogen and oxygen atoms in total. The first-order chi connectivity index (χ1) is 9.49. The average Bonchev–Trinajstić information content (AvgIpc) is 2.81. The number of aromatic nitrogens is 2. The minimum Gasteiger partial charge on any atom is -0.481 e. The van der Waals surface area contributed by atoms with Gasteiger partial charge in [-0.05, 0) is 25.0 Å². The Hall–Kier alpha value is -1.75. The lowest BCUT2D eigenvalue weighted by atomic mass is 10.1. The molecule has 0 saturated carbocycles. The number of carbonyl (C=O) groups is 1. The smallest absolute Gasteiger partial charge is 0.313 e. The molecule has 0 aliphatic heterocycles. The number of rotatable bonds is 5. The summed E-state index contributed by atoms with van der Waals surface area (Å²) in [5, 5.41) is 9.55. The molecule has 2 rings (SSSR count). The van der Waals surface area contributed by atoms with Crippen LogP contribution in [0, 0.1) is 6.92 Å². The van der Waals surface area contributed by atoms with Crippen LogP contribution in [0.3, 0.4) is 0 Å². The summed E-state index contributed by atoms with van der Waals surface area (Å²) in [6.07, 6.45) is 1.83. The van der Waals surface area contributed by atoms with Crippen LogP contribution in [0.1, 0.15) is 31.0 Å². The summed E-state index contributed by atoms with van der Waals surface area (Å²) in [6, 6.07) is 8.16. The number of nitrogens with zero attached hydrogens (tertiary/aromatic N) is 2. The zero-order valence-corrected chi connectivity index (χ0v) is 12.6. The SMILES string of the molecule is Cc1ccc(-n2c(C(C)C)cnc2SCC(=O)O)cc1. The van der Waals surface area contributed by atoms with Crippen molar-refractivity contribution >= 4 is 17.7 Å². The number of aliphatic carboxylic acids is 1. The molecule has 0 spiro atoms. The van der Waals surface area contributed by atoms with Gasteiger partial charge in [-0.25, -0.2) is 4.98 Å². The van der Waals surface area contributed by atoms with Gasteiger partial charge in [0.25, 0.3) is 0 Å². The van der Waals surface area contributed by atoms with Crippen molar-refractivity contribution in [3.05, 3.63) is 41.7 Å². The molecular weight excluding hydrogens is 272 g/mol. The minimum absolute atomic E-state index is 0.0143. The number of hydrogen-bond donors (Lipinski definition) is 1. The van der Waals surface area contributed by atoms with E-state index >= 15 is 0 Å². The van der Waals surface area contributed by atoms with E-state index in [1.54, 1.807) is 0 Å². The van der Waals surface area contributed by atoms with E-state index in [9.17, 15) is 4.79 Å². The fraction of sp³-hybridized carbons (Fsp3) is 0.333. The molecule has 0 saturated heterocycles. The van der Waals surface area contributed by atoms with E-state index in [1.165, 1.54) is 17.3 Å². The number of carboxylic acid groups (broad SMARTS) is 1. The van der Waals surface area contributed by atoms with Crippen LogP contribution in [0.2, 0.25) is 0 Å². The molecule has 0 aliphatic carbocycles.